The molecule has 1 aromatic rings. The van der Waals surface area contributed by atoms with E-state index in [4.69, 9.17) is 9.47 Å². The highest BCUT2D eigenvalue weighted by atomic mass is 16.5. The van der Waals surface area contributed by atoms with Gasteiger partial charge in [-0.3, -0.25) is 0 Å². The van der Waals surface area contributed by atoms with Crippen molar-refractivity contribution in [2.75, 3.05) is 7.11 Å². The molecule has 0 amide bonds. The lowest BCUT2D eigenvalue weighted by Gasteiger charge is -2.24. The van der Waals surface area contributed by atoms with Gasteiger partial charge in [0.2, 0.25) is 0 Å². The van der Waals surface area contributed by atoms with Gasteiger partial charge in [-0.1, -0.05) is 44.7 Å². The Labute approximate surface area is 129 Å². The lowest BCUT2D eigenvalue weighted by molar-refractivity contribution is -0.0653. The van der Waals surface area contributed by atoms with E-state index in [2.05, 4.69) is 13.8 Å². The Kier molecular flexibility index (Phi) is 8.40. The molecule has 21 heavy (non-hydrogen) atoms. The Morgan fingerprint density at radius 2 is 1.71 bits per heavy atom. The molecule has 0 saturated carbocycles. The fraction of sp³-hybridized carbons (Fsp3) is 0.667. The zero-order valence-electron chi connectivity index (χ0n) is 13.8. The molecule has 0 aromatic heterocycles. The number of unbranched alkanes of at least 4 members (excludes halogenated alkanes) is 3. The number of methoxy groups -OCH3 is 1. The summed E-state index contributed by atoms with van der Waals surface area (Å²) < 4.78 is 11.0. The first-order valence-electron chi connectivity index (χ1n) is 8.06. The maximum absolute atomic E-state index is 10.3. The molecule has 0 radical (unpaired) electrons. The van der Waals surface area contributed by atoms with E-state index >= 15 is 0 Å². The van der Waals surface area contributed by atoms with E-state index in [1.54, 1.807) is 7.11 Å². The topological polar surface area (TPSA) is 38.7 Å². The molecule has 3 heteroatoms. The first-order valence-corrected chi connectivity index (χ1v) is 8.06. The first kappa shape index (κ1) is 18.0. The van der Waals surface area contributed by atoms with Crippen molar-refractivity contribution in [2.24, 2.45) is 0 Å². The highest BCUT2D eigenvalue weighted by molar-refractivity contribution is 5.28. The van der Waals surface area contributed by atoms with Gasteiger partial charge in [0.1, 0.15) is 11.9 Å². The fourth-order valence-corrected chi connectivity index (χ4v) is 2.44. The number of benzene rings is 1. The van der Waals surface area contributed by atoms with Gasteiger partial charge in [-0.2, -0.15) is 0 Å². The van der Waals surface area contributed by atoms with Gasteiger partial charge in [-0.25, -0.2) is 0 Å². The van der Waals surface area contributed by atoms with Crippen LogP contribution in [-0.4, -0.2) is 24.4 Å². The van der Waals surface area contributed by atoms with Gasteiger partial charge in [0, 0.05) is 0 Å². The summed E-state index contributed by atoms with van der Waals surface area (Å²) in [6.07, 6.45) is 5.43. The molecule has 0 fully saturated rings. The predicted molar refractivity (Wildman–Crippen MR) is 86.7 cm³/mol. The van der Waals surface area contributed by atoms with Crippen molar-refractivity contribution < 1.29 is 14.6 Å². The normalized spacial score (nSPS) is 15.5. The summed E-state index contributed by atoms with van der Waals surface area (Å²) in [5.41, 5.74) is 0.862. The van der Waals surface area contributed by atoms with E-state index in [1.807, 2.05) is 31.2 Å². The van der Waals surface area contributed by atoms with Crippen LogP contribution in [-0.2, 0) is 4.74 Å². The molecule has 1 N–H and O–H groups in total. The number of ether oxygens (including phenoxy) is 2. The Morgan fingerprint density at radius 1 is 1.05 bits per heavy atom. The summed E-state index contributed by atoms with van der Waals surface area (Å²) in [6.45, 7) is 6.23. The van der Waals surface area contributed by atoms with E-state index in [9.17, 15) is 5.11 Å². The lowest BCUT2D eigenvalue weighted by atomic mass is 10.0. The van der Waals surface area contributed by atoms with Crippen LogP contribution >= 0.6 is 0 Å². The van der Waals surface area contributed by atoms with Crippen LogP contribution in [0.4, 0.5) is 0 Å². The van der Waals surface area contributed by atoms with Crippen LogP contribution in [0.25, 0.3) is 0 Å². The van der Waals surface area contributed by atoms with E-state index in [-0.39, 0.29) is 12.2 Å². The molecule has 0 heterocycles. The highest BCUT2D eigenvalue weighted by Gasteiger charge is 2.19. The lowest BCUT2D eigenvalue weighted by Crippen LogP contribution is -2.23. The fourth-order valence-electron chi connectivity index (χ4n) is 2.44. The van der Waals surface area contributed by atoms with Crippen molar-refractivity contribution in [3.8, 4) is 5.75 Å². The summed E-state index contributed by atoms with van der Waals surface area (Å²) >= 11 is 0. The molecule has 0 saturated heterocycles. The Morgan fingerprint density at radius 3 is 2.29 bits per heavy atom. The van der Waals surface area contributed by atoms with E-state index in [1.165, 1.54) is 25.7 Å². The smallest absolute Gasteiger partial charge is 0.118 e. The molecule has 3 atom stereocenters. The molecule has 1 aromatic carbocycles. The Hall–Kier alpha value is -1.06. The van der Waals surface area contributed by atoms with Gasteiger partial charge in [0.05, 0.1) is 19.3 Å². The molecular weight excluding hydrogens is 264 g/mol. The second-order valence-electron chi connectivity index (χ2n) is 5.72. The average Bonchev–Trinajstić information content (AvgIpc) is 2.51. The summed E-state index contributed by atoms with van der Waals surface area (Å²) in [6, 6.07) is 7.49. The van der Waals surface area contributed by atoms with Crippen molar-refractivity contribution >= 4 is 0 Å². The minimum absolute atomic E-state index is 0.185. The minimum atomic E-state index is -0.603. The van der Waals surface area contributed by atoms with Gasteiger partial charge in [-0.15, -0.1) is 0 Å². The first-order chi connectivity index (χ1) is 10.1. The second-order valence-corrected chi connectivity index (χ2v) is 5.72. The van der Waals surface area contributed by atoms with Crippen LogP contribution in [0.1, 0.15) is 64.5 Å². The average molecular weight is 294 g/mol. The van der Waals surface area contributed by atoms with Crippen molar-refractivity contribution in [1.29, 1.82) is 0 Å². The van der Waals surface area contributed by atoms with Crippen LogP contribution in [0.2, 0.25) is 0 Å². The summed E-state index contributed by atoms with van der Waals surface area (Å²) in [7, 11) is 1.64. The minimum Gasteiger partial charge on any atom is -0.497 e. The highest BCUT2D eigenvalue weighted by Crippen LogP contribution is 2.23. The van der Waals surface area contributed by atoms with Gasteiger partial charge >= 0.3 is 0 Å². The molecule has 120 valence electrons. The van der Waals surface area contributed by atoms with Gasteiger partial charge in [-0.05, 0) is 38.0 Å². The molecule has 0 aliphatic heterocycles. The third-order valence-electron chi connectivity index (χ3n) is 3.81. The van der Waals surface area contributed by atoms with Gasteiger partial charge < -0.3 is 14.6 Å². The Balaban J connectivity index is 2.40. The van der Waals surface area contributed by atoms with Crippen LogP contribution < -0.4 is 4.74 Å². The maximum Gasteiger partial charge on any atom is 0.118 e. The predicted octanol–water partition coefficient (Wildman–Crippen LogP) is 4.49. The molecule has 0 spiro atoms. The number of hydrogen-bond acceptors (Lipinski definition) is 3. The quantitative estimate of drug-likeness (QED) is 0.646. The third kappa shape index (κ3) is 6.49. The van der Waals surface area contributed by atoms with Crippen LogP contribution in [0, 0.1) is 0 Å². The monoisotopic (exact) mass is 294 g/mol. The van der Waals surface area contributed by atoms with Crippen molar-refractivity contribution in [3.05, 3.63) is 29.8 Å². The van der Waals surface area contributed by atoms with Crippen molar-refractivity contribution in [2.45, 2.75) is 71.2 Å². The molecule has 3 unspecified atom stereocenters. The van der Waals surface area contributed by atoms with Crippen molar-refractivity contribution in [3.63, 3.8) is 0 Å². The summed E-state index contributed by atoms with van der Waals surface area (Å²) in [5, 5.41) is 10.3. The van der Waals surface area contributed by atoms with Gasteiger partial charge in [0.15, 0.2) is 0 Å². The number of aliphatic hydroxyl groups is 1. The molecule has 3 nitrogen and oxygen atoms in total. The maximum atomic E-state index is 10.3. The molecular formula is C18H30O3. The molecule has 0 bridgehead atoms. The standard InChI is InChI=1S/C18H30O3/c1-5-6-7-8-9-14(2)21-15(3)18(19)16-10-12-17(20-4)13-11-16/h10-15,18-19H,5-9H2,1-4H3. The summed E-state index contributed by atoms with van der Waals surface area (Å²) in [4.78, 5) is 0. The zero-order chi connectivity index (χ0) is 15.7. The van der Waals surface area contributed by atoms with Crippen molar-refractivity contribution in [1.82, 2.24) is 0 Å². The molecule has 0 aliphatic rings. The zero-order valence-corrected chi connectivity index (χ0v) is 13.8. The SMILES string of the molecule is CCCCCCC(C)OC(C)C(O)c1ccc(OC)cc1. The van der Waals surface area contributed by atoms with E-state index < -0.39 is 6.10 Å². The number of hydrogen-bond donors (Lipinski definition) is 1. The summed E-state index contributed by atoms with van der Waals surface area (Å²) in [5.74, 6) is 0.795. The Bertz CT molecular complexity index is 375. The molecule has 0 aliphatic carbocycles. The van der Waals surface area contributed by atoms with Crippen LogP contribution in [0.5, 0.6) is 5.75 Å². The number of aliphatic hydroxyl groups excluding tert-OH is 1. The van der Waals surface area contributed by atoms with Crippen LogP contribution in [0.3, 0.4) is 0 Å². The third-order valence-corrected chi connectivity index (χ3v) is 3.81. The molecule has 1 rings (SSSR count). The largest absolute Gasteiger partial charge is 0.497 e. The van der Waals surface area contributed by atoms with E-state index in [0.717, 1.165) is 17.7 Å². The van der Waals surface area contributed by atoms with Gasteiger partial charge in [0.25, 0.3) is 0 Å². The van der Waals surface area contributed by atoms with E-state index in [0.29, 0.717) is 0 Å². The van der Waals surface area contributed by atoms with Crippen LogP contribution in [0.15, 0.2) is 24.3 Å². The second kappa shape index (κ2) is 9.80. The number of rotatable bonds is 10.